The van der Waals surface area contributed by atoms with Crippen LogP contribution < -0.4 is 5.76 Å². The first-order valence-electron chi connectivity index (χ1n) is 12.8. The largest absolute Gasteiger partial charge is 0.439 e. The number of benzene rings is 2. The highest BCUT2D eigenvalue weighted by molar-refractivity contribution is 6.30. The van der Waals surface area contributed by atoms with Gasteiger partial charge in [0.2, 0.25) is 17.4 Å². The summed E-state index contributed by atoms with van der Waals surface area (Å²) in [6.07, 6.45) is 6.18. The van der Waals surface area contributed by atoms with Gasteiger partial charge in [0.25, 0.3) is 0 Å². The summed E-state index contributed by atoms with van der Waals surface area (Å²) < 4.78 is 6.64. The molecule has 3 heterocycles. The normalized spacial score (nSPS) is 17.4. The smallest absolute Gasteiger partial charge is 0.318 e. The van der Waals surface area contributed by atoms with Crippen LogP contribution in [0.4, 0.5) is 0 Å². The average Bonchev–Trinajstić information content (AvgIpc) is 3.56. The Labute approximate surface area is 228 Å². The molecule has 1 aliphatic carbocycles. The summed E-state index contributed by atoms with van der Waals surface area (Å²) in [6.45, 7) is 4.55. The van der Waals surface area contributed by atoms with Gasteiger partial charge in [-0.15, -0.1) is 6.58 Å². The van der Waals surface area contributed by atoms with Crippen molar-refractivity contribution >= 4 is 28.5 Å². The monoisotopic (exact) mass is 540 g/mol. The molecule has 2 aromatic carbocycles. The molecule has 9 nitrogen and oxygen atoms in total. The minimum atomic E-state index is -0.724. The van der Waals surface area contributed by atoms with Crippen LogP contribution in [0.15, 0.2) is 76.6 Å². The Bertz CT molecular complexity index is 1730. The van der Waals surface area contributed by atoms with E-state index < -0.39 is 5.76 Å². The Morgan fingerprint density at radius 3 is 2.56 bits per heavy atom. The number of halogens is 1. The Hall–Kier alpha value is -4.37. The zero-order valence-electron chi connectivity index (χ0n) is 21.0. The number of carbonyl (C=O) groups is 1. The van der Waals surface area contributed by atoms with E-state index in [1.165, 1.54) is 0 Å². The van der Waals surface area contributed by atoms with Crippen molar-refractivity contribution in [2.45, 2.75) is 32.2 Å². The molecule has 0 spiro atoms. The number of ketones is 1. The number of nitrogens with zero attached hydrogens (tertiary/aromatic N) is 5. The van der Waals surface area contributed by atoms with E-state index in [1.807, 2.05) is 41.0 Å². The first kappa shape index (κ1) is 24.9. The van der Waals surface area contributed by atoms with E-state index in [1.54, 1.807) is 24.3 Å². The van der Waals surface area contributed by atoms with Crippen molar-refractivity contribution in [2.75, 3.05) is 0 Å². The second kappa shape index (κ2) is 10.4. The van der Waals surface area contributed by atoms with Crippen molar-refractivity contribution in [1.29, 1.82) is 0 Å². The minimum absolute atomic E-state index is 0.0680. The first-order valence-corrected chi connectivity index (χ1v) is 13.2. The molecule has 6 rings (SSSR count). The van der Waals surface area contributed by atoms with Crippen LogP contribution in [0.25, 0.3) is 34.1 Å². The molecule has 0 radical (unpaired) electrons. The Morgan fingerprint density at radius 1 is 1.08 bits per heavy atom. The van der Waals surface area contributed by atoms with E-state index in [0.29, 0.717) is 45.8 Å². The van der Waals surface area contributed by atoms with Crippen LogP contribution in [-0.2, 0) is 6.54 Å². The number of imidazole rings is 1. The Kier molecular flexibility index (Phi) is 6.66. The SMILES string of the molecule is C=C[C@H]1CC[C@H](Cn2c(C(=O)c3ccccc3)nc3nc(-c4noc(=O)[nH]4)nc(-c4cccc(Cl)c4)c32)CC1. The van der Waals surface area contributed by atoms with Crippen molar-refractivity contribution in [3.8, 4) is 22.9 Å². The summed E-state index contributed by atoms with van der Waals surface area (Å²) in [5, 5.41) is 4.29. The van der Waals surface area contributed by atoms with Crippen LogP contribution >= 0.6 is 11.6 Å². The third kappa shape index (κ3) is 4.93. The topological polar surface area (TPSA) is 120 Å². The molecule has 5 aromatic rings. The van der Waals surface area contributed by atoms with E-state index in [2.05, 4.69) is 21.7 Å². The maximum Gasteiger partial charge on any atom is 0.439 e. The van der Waals surface area contributed by atoms with E-state index >= 15 is 0 Å². The van der Waals surface area contributed by atoms with E-state index in [9.17, 15) is 9.59 Å². The maximum atomic E-state index is 13.8. The van der Waals surface area contributed by atoms with E-state index in [4.69, 9.17) is 26.1 Å². The van der Waals surface area contributed by atoms with Crippen molar-refractivity contribution in [2.24, 2.45) is 11.8 Å². The number of aromatic amines is 1. The number of carbonyl (C=O) groups excluding carboxylic acids is 1. The molecule has 1 saturated carbocycles. The van der Waals surface area contributed by atoms with Crippen molar-refractivity contribution in [1.82, 2.24) is 29.7 Å². The molecule has 1 N–H and O–H groups in total. The van der Waals surface area contributed by atoms with Gasteiger partial charge in [0.1, 0.15) is 11.2 Å². The van der Waals surface area contributed by atoms with Gasteiger partial charge >= 0.3 is 5.76 Å². The zero-order valence-corrected chi connectivity index (χ0v) is 21.8. The zero-order chi connectivity index (χ0) is 26.9. The molecule has 1 aliphatic rings. The molecular formula is C29H25ClN6O3. The Morgan fingerprint density at radius 2 is 1.87 bits per heavy atom. The molecule has 0 bridgehead atoms. The molecule has 0 aliphatic heterocycles. The van der Waals surface area contributed by atoms with Gasteiger partial charge in [0.05, 0.1) is 0 Å². The highest BCUT2D eigenvalue weighted by Gasteiger charge is 2.28. The van der Waals surface area contributed by atoms with Gasteiger partial charge in [-0.1, -0.05) is 65.3 Å². The first-order chi connectivity index (χ1) is 19.0. The van der Waals surface area contributed by atoms with Crippen LogP contribution in [0.1, 0.15) is 41.9 Å². The molecule has 196 valence electrons. The third-order valence-electron chi connectivity index (χ3n) is 7.26. The number of fused-ring (bicyclic) bond motifs is 1. The fraction of sp³-hybridized carbons (Fsp3) is 0.241. The van der Waals surface area contributed by atoms with Crippen molar-refractivity contribution in [3.63, 3.8) is 0 Å². The molecule has 39 heavy (non-hydrogen) atoms. The van der Waals surface area contributed by atoms with Gasteiger partial charge in [-0.25, -0.2) is 19.7 Å². The maximum absolute atomic E-state index is 13.8. The van der Waals surface area contributed by atoms with Gasteiger partial charge in [0.15, 0.2) is 11.5 Å². The number of aromatic nitrogens is 6. The van der Waals surface area contributed by atoms with Gasteiger partial charge in [-0.3, -0.25) is 14.3 Å². The number of hydrogen-bond donors (Lipinski definition) is 1. The lowest BCUT2D eigenvalue weighted by Crippen LogP contribution is -2.21. The lowest BCUT2D eigenvalue weighted by molar-refractivity contribution is 0.102. The van der Waals surface area contributed by atoms with Crippen LogP contribution in [0.2, 0.25) is 5.02 Å². The number of hydrogen-bond acceptors (Lipinski definition) is 7. The summed E-state index contributed by atoms with van der Waals surface area (Å²) in [6, 6.07) is 16.4. The average molecular weight is 541 g/mol. The molecule has 1 fully saturated rings. The number of rotatable bonds is 7. The Balaban J connectivity index is 1.58. The van der Waals surface area contributed by atoms with E-state index in [-0.39, 0.29) is 23.3 Å². The summed E-state index contributed by atoms with van der Waals surface area (Å²) >= 11 is 6.36. The van der Waals surface area contributed by atoms with E-state index in [0.717, 1.165) is 31.2 Å². The standard InChI is InChI=1S/C29H25ClN6O3/c1-2-17-11-13-18(14-12-17)16-36-23-22(20-9-6-10-21(30)15-20)31-26(27-34-29(38)39-35-27)32-25(23)33-28(36)24(37)19-7-4-3-5-8-19/h2-10,15,17-18H,1,11-14,16H2,(H,34,35,38)/t17-,18-. The lowest BCUT2D eigenvalue weighted by Gasteiger charge is -2.27. The van der Waals surface area contributed by atoms with Gasteiger partial charge in [-0.2, -0.15) is 0 Å². The second-order valence-corrected chi connectivity index (χ2v) is 10.2. The molecule has 0 saturated heterocycles. The highest BCUT2D eigenvalue weighted by atomic mass is 35.5. The van der Waals surface area contributed by atoms with Gasteiger partial charge < -0.3 is 4.57 Å². The fourth-order valence-electron chi connectivity index (χ4n) is 5.24. The summed E-state index contributed by atoms with van der Waals surface area (Å²) in [4.78, 5) is 42.1. The number of H-pyrrole nitrogens is 1. The molecule has 3 aromatic heterocycles. The summed E-state index contributed by atoms with van der Waals surface area (Å²) in [5.74, 6) is 0.408. The molecular weight excluding hydrogens is 516 g/mol. The minimum Gasteiger partial charge on any atom is -0.318 e. The van der Waals surface area contributed by atoms with Gasteiger partial charge in [-0.05, 0) is 49.7 Å². The predicted molar refractivity (Wildman–Crippen MR) is 147 cm³/mol. The van der Waals surface area contributed by atoms with Gasteiger partial charge in [0, 0.05) is 22.7 Å². The molecule has 10 heteroatoms. The highest BCUT2D eigenvalue weighted by Crippen LogP contribution is 2.35. The van der Waals surface area contributed by atoms with Crippen LogP contribution in [-0.4, -0.2) is 35.4 Å². The molecule has 0 atom stereocenters. The van der Waals surface area contributed by atoms with Crippen LogP contribution in [0.3, 0.4) is 0 Å². The summed E-state index contributed by atoms with van der Waals surface area (Å²) in [7, 11) is 0. The third-order valence-corrected chi connectivity index (χ3v) is 7.49. The quantitative estimate of drug-likeness (QED) is 0.207. The van der Waals surface area contributed by atoms with Crippen molar-refractivity contribution < 1.29 is 9.32 Å². The summed E-state index contributed by atoms with van der Waals surface area (Å²) in [5.41, 5.74) is 2.72. The van der Waals surface area contributed by atoms with Crippen LogP contribution in [0.5, 0.6) is 0 Å². The lowest BCUT2D eigenvalue weighted by atomic mass is 9.82. The molecule has 0 unspecified atom stereocenters. The predicted octanol–water partition coefficient (Wildman–Crippen LogP) is 5.71. The number of allylic oxidation sites excluding steroid dienone is 1. The second-order valence-electron chi connectivity index (χ2n) is 9.78. The fourth-order valence-corrected chi connectivity index (χ4v) is 5.43. The number of nitrogens with one attached hydrogen (secondary N) is 1. The van der Waals surface area contributed by atoms with Crippen molar-refractivity contribution in [3.05, 3.63) is 94.2 Å². The molecule has 0 amide bonds. The van der Waals surface area contributed by atoms with Crippen LogP contribution in [0, 0.1) is 11.8 Å².